The van der Waals surface area contributed by atoms with Gasteiger partial charge in [-0.05, 0) is 56.4 Å². The first-order valence-electron chi connectivity index (χ1n) is 11.1. The number of likely N-dealkylation sites (N-methyl/N-ethyl adjacent to an activating group) is 1. The number of rotatable bonds is 7. The highest BCUT2D eigenvalue weighted by Gasteiger charge is 2.19. The van der Waals surface area contributed by atoms with Crippen molar-refractivity contribution in [2.45, 2.75) is 6.92 Å². The molecule has 9 heteroatoms. The predicted molar refractivity (Wildman–Crippen MR) is 134 cm³/mol. The number of carbonyl (C=O) groups is 1. The zero-order valence-corrected chi connectivity index (χ0v) is 20.2. The zero-order chi connectivity index (χ0) is 26.0. The first kappa shape index (κ1) is 25.0. The number of hydrogen-bond donors (Lipinski definition) is 2. The molecule has 0 saturated heterocycles. The fraction of sp³-hybridized carbons (Fsp3) is 0.185. The lowest BCUT2D eigenvalue weighted by Gasteiger charge is -2.13. The predicted octanol–water partition coefficient (Wildman–Crippen LogP) is 5.69. The molecule has 0 aliphatic heterocycles. The van der Waals surface area contributed by atoms with E-state index in [0.717, 1.165) is 6.07 Å². The minimum Gasteiger partial charge on any atom is -0.493 e. The molecule has 4 rings (SSSR count). The first-order valence-corrected chi connectivity index (χ1v) is 11.1. The summed E-state index contributed by atoms with van der Waals surface area (Å²) in [6.45, 7) is 2.35. The number of halogens is 3. The van der Waals surface area contributed by atoms with Gasteiger partial charge in [-0.1, -0.05) is 6.08 Å². The number of benzene rings is 2. The van der Waals surface area contributed by atoms with Gasteiger partial charge >= 0.3 is 0 Å². The molecule has 0 bridgehead atoms. The topological polar surface area (TPSA) is 70.2 Å². The maximum atomic E-state index is 14.6. The number of methoxy groups -OCH3 is 1. The van der Waals surface area contributed by atoms with Crippen LogP contribution in [0.25, 0.3) is 33.3 Å². The minimum atomic E-state index is -0.827. The molecular weight excluding hydrogens is 469 g/mol. The third-order valence-electron chi connectivity index (χ3n) is 5.71. The lowest BCUT2D eigenvalue weighted by atomic mass is 9.97. The normalized spacial score (nSPS) is 11.6. The van der Waals surface area contributed by atoms with Crippen molar-refractivity contribution in [3.63, 3.8) is 0 Å². The number of nitrogens with zero attached hydrogens (tertiary/aromatic N) is 2. The van der Waals surface area contributed by atoms with Gasteiger partial charge < -0.3 is 19.9 Å². The number of H-pyrrole nitrogens is 1. The molecular formula is C27H25F3N4O2. The molecule has 4 aromatic rings. The summed E-state index contributed by atoms with van der Waals surface area (Å²) in [5.41, 5.74) is 3.22. The first-order chi connectivity index (χ1) is 17.2. The number of ether oxygens (including phenoxy) is 1. The van der Waals surface area contributed by atoms with Crippen LogP contribution in [-0.2, 0) is 4.79 Å². The summed E-state index contributed by atoms with van der Waals surface area (Å²) in [6, 6.07) is 6.29. The molecule has 6 nitrogen and oxygen atoms in total. The standard InChI is InChI=1S/C27H25F3N4O2/c1-15-19(9-18(29)12-24(15)33-25(35)6-5-7-34(2)3)16-8-21-22(14-32-27(21)31-13-16)20-10-17(28)11-23(30)26(20)36-4/h5-6,8-14H,7H2,1-4H3,(H,31,32)(H,33,35). The summed E-state index contributed by atoms with van der Waals surface area (Å²) >= 11 is 0. The summed E-state index contributed by atoms with van der Waals surface area (Å²) in [6.07, 6.45) is 6.26. The quantitative estimate of drug-likeness (QED) is 0.324. The number of fused-ring (bicyclic) bond motifs is 1. The van der Waals surface area contributed by atoms with Crippen LogP contribution in [0, 0.1) is 24.4 Å². The monoisotopic (exact) mass is 494 g/mol. The number of pyridine rings is 1. The number of carbonyl (C=O) groups excluding carboxylic acids is 1. The van der Waals surface area contributed by atoms with Gasteiger partial charge in [0.1, 0.15) is 17.3 Å². The SMILES string of the molecule is COc1c(F)cc(F)cc1-c1c[nH]c2ncc(-c3cc(F)cc(NC(=O)C=CCN(C)C)c3C)cc12. The van der Waals surface area contributed by atoms with E-state index in [-0.39, 0.29) is 17.2 Å². The highest BCUT2D eigenvalue weighted by Crippen LogP contribution is 2.39. The summed E-state index contributed by atoms with van der Waals surface area (Å²) in [7, 11) is 5.07. The second-order valence-electron chi connectivity index (χ2n) is 8.57. The fourth-order valence-corrected chi connectivity index (χ4v) is 4.00. The van der Waals surface area contributed by atoms with E-state index in [2.05, 4.69) is 15.3 Å². The minimum absolute atomic E-state index is 0.100. The van der Waals surface area contributed by atoms with Crippen LogP contribution in [-0.4, -0.2) is 48.5 Å². The lowest BCUT2D eigenvalue weighted by Crippen LogP contribution is -2.13. The Hall–Kier alpha value is -4.11. The Bertz CT molecular complexity index is 1480. The molecule has 2 N–H and O–H groups in total. The third-order valence-corrected chi connectivity index (χ3v) is 5.71. The molecule has 2 aromatic heterocycles. The summed E-state index contributed by atoms with van der Waals surface area (Å²) in [5.74, 6) is -2.59. The average molecular weight is 495 g/mol. The molecule has 2 aromatic carbocycles. The molecule has 36 heavy (non-hydrogen) atoms. The maximum Gasteiger partial charge on any atom is 0.248 e. The second kappa shape index (κ2) is 10.2. The molecule has 0 saturated carbocycles. The van der Waals surface area contributed by atoms with Crippen LogP contribution in [0.15, 0.2) is 54.9 Å². The number of amides is 1. The van der Waals surface area contributed by atoms with E-state index >= 15 is 0 Å². The van der Waals surface area contributed by atoms with Crippen molar-refractivity contribution in [2.24, 2.45) is 0 Å². The smallest absolute Gasteiger partial charge is 0.248 e. The van der Waals surface area contributed by atoms with Crippen LogP contribution in [0.1, 0.15) is 5.56 Å². The van der Waals surface area contributed by atoms with E-state index in [4.69, 9.17) is 4.74 Å². The Morgan fingerprint density at radius 1 is 1.08 bits per heavy atom. The van der Waals surface area contributed by atoms with Gasteiger partial charge in [0.25, 0.3) is 0 Å². The molecule has 0 radical (unpaired) electrons. The van der Waals surface area contributed by atoms with E-state index in [1.165, 1.54) is 31.4 Å². The van der Waals surface area contributed by atoms with Gasteiger partial charge in [0.15, 0.2) is 11.6 Å². The van der Waals surface area contributed by atoms with E-state index in [1.807, 2.05) is 19.0 Å². The highest BCUT2D eigenvalue weighted by molar-refractivity contribution is 6.01. The summed E-state index contributed by atoms with van der Waals surface area (Å²) in [5, 5.41) is 3.29. The molecule has 0 aliphatic carbocycles. The van der Waals surface area contributed by atoms with E-state index in [1.54, 1.807) is 31.5 Å². The molecule has 0 aliphatic rings. The van der Waals surface area contributed by atoms with Gasteiger partial charge in [-0.25, -0.2) is 18.2 Å². The van der Waals surface area contributed by atoms with Gasteiger partial charge in [0, 0.05) is 58.8 Å². The third kappa shape index (κ3) is 5.11. The van der Waals surface area contributed by atoms with Gasteiger partial charge in [-0.2, -0.15) is 0 Å². The Morgan fingerprint density at radius 3 is 2.53 bits per heavy atom. The van der Waals surface area contributed by atoms with Crippen molar-refractivity contribution in [3.8, 4) is 28.0 Å². The van der Waals surface area contributed by atoms with Gasteiger partial charge in [0.05, 0.1) is 7.11 Å². The zero-order valence-electron chi connectivity index (χ0n) is 20.2. The van der Waals surface area contributed by atoms with E-state index in [0.29, 0.717) is 45.5 Å². The Morgan fingerprint density at radius 2 is 1.81 bits per heavy atom. The van der Waals surface area contributed by atoms with Gasteiger partial charge in [0.2, 0.25) is 5.91 Å². The molecule has 2 heterocycles. The van der Waals surface area contributed by atoms with Crippen molar-refractivity contribution in [1.82, 2.24) is 14.9 Å². The van der Waals surface area contributed by atoms with Crippen LogP contribution in [0.2, 0.25) is 0 Å². The highest BCUT2D eigenvalue weighted by atomic mass is 19.1. The van der Waals surface area contributed by atoms with Crippen molar-refractivity contribution in [3.05, 3.63) is 77.9 Å². The average Bonchev–Trinajstić information content (AvgIpc) is 3.23. The van der Waals surface area contributed by atoms with Crippen molar-refractivity contribution >= 4 is 22.6 Å². The maximum absolute atomic E-state index is 14.6. The van der Waals surface area contributed by atoms with E-state index in [9.17, 15) is 18.0 Å². The largest absolute Gasteiger partial charge is 0.493 e. The molecule has 0 atom stereocenters. The molecule has 1 amide bonds. The Kier molecular flexibility index (Phi) is 7.12. The van der Waals surface area contributed by atoms with E-state index < -0.39 is 17.5 Å². The van der Waals surface area contributed by atoms with Crippen LogP contribution in [0.5, 0.6) is 5.75 Å². The number of aromatic amines is 1. The molecule has 186 valence electrons. The number of aromatic nitrogens is 2. The Balaban J connectivity index is 1.77. The second-order valence-corrected chi connectivity index (χ2v) is 8.57. The van der Waals surface area contributed by atoms with Crippen molar-refractivity contribution < 1.29 is 22.7 Å². The number of hydrogen-bond acceptors (Lipinski definition) is 4. The van der Waals surface area contributed by atoms with Gasteiger partial charge in [-0.3, -0.25) is 4.79 Å². The Labute approximate surface area is 206 Å². The summed E-state index contributed by atoms with van der Waals surface area (Å²) in [4.78, 5) is 21.6. The number of anilines is 1. The molecule has 0 fully saturated rings. The van der Waals surface area contributed by atoms with Crippen molar-refractivity contribution in [1.29, 1.82) is 0 Å². The van der Waals surface area contributed by atoms with Crippen LogP contribution in [0.3, 0.4) is 0 Å². The van der Waals surface area contributed by atoms with Crippen LogP contribution >= 0.6 is 0 Å². The van der Waals surface area contributed by atoms with Crippen LogP contribution in [0.4, 0.5) is 18.9 Å². The van der Waals surface area contributed by atoms with Crippen LogP contribution < -0.4 is 10.1 Å². The lowest BCUT2D eigenvalue weighted by molar-refractivity contribution is -0.111. The number of nitrogens with one attached hydrogen (secondary N) is 2. The summed E-state index contributed by atoms with van der Waals surface area (Å²) < 4.78 is 48.1. The van der Waals surface area contributed by atoms with Crippen molar-refractivity contribution in [2.75, 3.05) is 33.1 Å². The molecule has 0 spiro atoms. The van der Waals surface area contributed by atoms with Gasteiger partial charge in [-0.15, -0.1) is 0 Å². The fourth-order valence-electron chi connectivity index (χ4n) is 4.00. The molecule has 0 unspecified atom stereocenters.